The van der Waals surface area contributed by atoms with Crippen molar-refractivity contribution in [1.29, 1.82) is 0 Å². The first-order valence-electron chi connectivity index (χ1n) is 6.63. The van der Waals surface area contributed by atoms with Crippen LogP contribution in [0.2, 0.25) is 0 Å². The maximum absolute atomic E-state index is 5.64. The number of imidazole rings is 1. The van der Waals surface area contributed by atoms with Gasteiger partial charge in [-0.2, -0.15) is 0 Å². The fourth-order valence-corrected chi connectivity index (χ4v) is 1.83. The van der Waals surface area contributed by atoms with Crippen LogP contribution in [-0.2, 0) is 0 Å². The van der Waals surface area contributed by atoms with E-state index in [-0.39, 0.29) is 6.10 Å². The van der Waals surface area contributed by atoms with Crippen LogP contribution in [-0.4, -0.2) is 21.7 Å². The summed E-state index contributed by atoms with van der Waals surface area (Å²) in [6.45, 7) is 8.24. The molecule has 2 aromatic rings. The van der Waals surface area contributed by atoms with Gasteiger partial charge < -0.3 is 10.1 Å². The number of nitrogens with zero attached hydrogens (tertiary/aromatic N) is 2. The van der Waals surface area contributed by atoms with Gasteiger partial charge in [-0.05, 0) is 52.0 Å². The third-order valence-electron chi connectivity index (χ3n) is 2.55. The van der Waals surface area contributed by atoms with Crippen LogP contribution < -0.4 is 10.1 Å². The van der Waals surface area contributed by atoms with Gasteiger partial charge in [0.15, 0.2) is 0 Å². The second-order valence-electron chi connectivity index (χ2n) is 5.08. The Hall–Kier alpha value is -1.97. The third kappa shape index (κ3) is 3.50. The average molecular weight is 259 g/mol. The Balaban J connectivity index is 2.20. The van der Waals surface area contributed by atoms with Gasteiger partial charge in [0, 0.05) is 24.1 Å². The van der Waals surface area contributed by atoms with Gasteiger partial charge in [-0.1, -0.05) is 0 Å². The summed E-state index contributed by atoms with van der Waals surface area (Å²) in [5.74, 6) is 1.74. The van der Waals surface area contributed by atoms with Crippen LogP contribution in [0.15, 0.2) is 36.7 Å². The van der Waals surface area contributed by atoms with Gasteiger partial charge in [0.05, 0.1) is 6.10 Å². The zero-order valence-corrected chi connectivity index (χ0v) is 11.9. The Morgan fingerprint density at radius 3 is 2.37 bits per heavy atom. The van der Waals surface area contributed by atoms with Gasteiger partial charge in [-0.15, -0.1) is 0 Å². The van der Waals surface area contributed by atoms with E-state index < -0.39 is 0 Å². The van der Waals surface area contributed by atoms with Crippen LogP contribution in [0.4, 0.5) is 5.95 Å². The summed E-state index contributed by atoms with van der Waals surface area (Å²) in [6, 6.07) is 8.38. The van der Waals surface area contributed by atoms with Crippen molar-refractivity contribution in [2.45, 2.75) is 39.8 Å². The molecule has 1 heterocycles. The van der Waals surface area contributed by atoms with E-state index in [1.807, 2.05) is 48.9 Å². The van der Waals surface area contributed by atoms with Gasteiger partial charge in [-0.3, -0.25) is 4.57 Å². The molecule has 4 heteroatoms. The van der Waals surface area contributed by atoms with Crippen molar-refractivity contribution in [2.24, 2.45) is 0 Å². The number of anilines is 1. The van der Waals surface area contributed by atoms with E-state index in [2.05, 4.69) is 24.1 Å². The maximum Gasteiger partial charge on any atom is 0.207 e. The van der Waals surface area contributed by atoms with Gasteiger partial charge in [0.25, 0.3) is 0 Å². The third-order valence-corrected chi connectivity index (χ3v) is 2.55. The molecule has 19 heavy (non-hydrogen) atoms. The highest BCUT2D eigenvalue weighted by Crippen LogP contribution is 2.19. The molecule has 0 saturated carbocycles. The molecule has 1 aromatic carbocycles. The van der Waals surface area contributed by atoms with E-state index in [1.54, 1.807) is 6.20 Å². The molecule has 0 atom stereocenters. The summed E-state index contributed by atoms with van der Waals surface area (Å²) in [5, 5.41) is 3.32. The molecule has 0 aliphatic rings. The van der Waals surface area contributed by atoms with Gasteiger partial charge >= 0.3 is 0 Å². The van der Waals surface area contributed by atoms with Crippen molar-refractivity contribution in [3.63, 3.8) is 0 Å². The fraction of sp³-hybridized carbons (Fsp3) is 0.400. The SMILES string of the molecule is CC(C)Nc1nccn1-c1ccc(OC(C)C)cc1. The minimum absolute atomic E-state index is 0.192. The molecule has 0 bridgehead atoms. The predicted octanol–water partition coefficient (Wildman–Crippen LogP) is 3.48. The number of hydrogen-bond acceptors (Lipinski definition) is 3. The molecule has 2 rings (SSSR count). The molecular formula is C15H21N3O. The van der Waals surface area contributed by atoms with Crippen LogP contribution in [0.1, 0.15) is 27.7 Å². The highest BCUT2D eigenvalue weighted by atomic mass is 16.5. The molecule has 4 nitrogen and oxygen atoms in total. The molecule has 0 aliphatic heterocycles. The Morgan fingerprint density at radius 2 is 1.79 bits per heavy atom. The molecular weight excluding hydrogens is 238 g/mol. The highest BCUT2D eigenvalue weighted by molar-refractivity contribution is 5.44. The summed E-state index contributed by atoms with van der Waals surface area (Å²) < 4.78 is 7.67. The van der Waals surface area contributed by atoms with Crippen LogP contribution in [0.25, 0.3) is 5.69 Å². The van der Waals surface area contributed by atoms with Crippen LogP contribution >= 0.6 is 0 Å². The first-order chi connectivity index (χ1) is 9.06. The van der Waals surface area contributed by atoms with Crippen molar-refractivity contribution < 1.29 is 4.74 Å². The molecule has 0 aliphatic carbocycles. The fourth-order valence-electron chi connectivity index (χ4n) is 1.83. The summed E-state index contributed by atoms with van der Waals surface area (Å²) >= 11 is 0. The van der Waals surface area contributed by atoms with E-state index >= 15 is 0 Å². The maximum atomic E-state index is 5.64. The second kappa shape index (κ2) is 5.78. The summed E-state index contributed by atoms with van der Waals surface area (Å²) in [7, 11) is 0. The van der Waals surface area contributed by atoms with Gasteiger partial charge in [0.1, 0.15) is 5.75 Å². The van der Waals surface area contributed by atoms with E-state index in [9.17, 15) is 0 Å². The van der Waals surface area contributed by atoms with E-state index in [1.165, 1.54) is 0 Å². The van der Waals surface area contributed by atoms with Crippen molar-refractivity contribution in [3.05, 3.63) is 36.7 Å². The molecule has 0 amide bonds. The highest BCUT2D eigenvalue weighted by Gasteiger charge is 2.06. The summed E-state index contributed by atoms with van der Waals surface area (Å²) in [5.41, 5.74) is 1.07. The van der Waals surface area contributed by atoms with Gasteiger partial charge in [0.2, 0.25) is 5.95 Å². The molecule has 1 N–H and O–H groups in total. The standard InChI is InChI=1S/C15H21N3O/c1-11(2)17-15-16-9-10-18(15)13-5-7-14(8-6-13)19-12(3)4/h5-12H,1-4H3,(H,16,17). The van der Waals surface area contributed by atoms with Crippen LogP contribution in [0.3, 0.4) is 0 Å². The number of nitrogens with one attached hydrogen (secondary N) is 1. The summed E-state index contributed by atoms with van der Waals surface area (Å²) in [6.07, 6.45) is 3.93. The zero-order valence-electron chi connectivity index (χ0n) is 11.9. The number of rotatable bonds is 5. The Morgan fingerprint density at radius 1 is 1.11 bits per heavy atom. The molecule has 0 radical (unpaired) electrons. The quantitative estimate of drug-likeness (QED) is 0.893. The van der Waals surface area contributed by atoms with Crippen molar-refractivity contribution >= 4 is 5.95 Å². The minimum Gasteiger partial charge on any atom is -0.491 e. The van der Waals surface area contributed by atoms with Crippen LogP contribution in [0.5, 0.6) is 5.75 Å². The monoisotopic (exact) mass is 259 g/mol. The van der Waals surface area contributed by atoms with Crippen molar-refractivity contribution in [3.8, 4) is 11.4 Å². The Bertz CT molecular complexity index is 514. The second-order valence-corrected chi connectivity index (χ2v) is 5.08. The lowest BCUT2D eigenvalue weighted by molar-refractivity contribution is 0.242. The number of benzene rings is 1. The molecule has 0 fully saturated rings. The number of hydrogen-bond donors (Lipinski definition) is 1. The molecule has 102 valence electrons. The molecule has 1 aromatic heterocycles. The van der Waals surface area contributed by atoms with E-state index in [0.717, 1.165) is 17.4 Å². The van der Waals surface area contributed by atoms with Crippen molar-refractivity contribution in [2.75, 3.05) is 5.32 Å². The average Bonchev–Trinajstić information content (AvgIpc) is 2.76. The van der Waals surface area contributed by atoms with Gasteiger partial charge in [-0.25, -0.2) is 4.98 Å². The number of aromatic nitrogens is 2. The smallest absolute Gasteiger partial charge is 0.207 e. The molecule has 0 unspecified atom stereocenters. The minimum atomic E-state index is 0.192. The molecule has 0 saturated heterocycles. The lowest BCUT2D eigenvalue weighted by Crippen LogP contribution is -2.13. The normalized spacial score (nSPS) is 11.1. The zero-order chi connectivity index (χ0) is 13.8. The lowest BCUT2D eigenvalue weighted by Gasteiger charge is -2.13. The van der Waals surface area contributed by atoms with E-state index in [4.69, 9.17) is 4.74 Å². The topological polar surface area (TPSA) is 39.1 Å². The first-order valence-corrected chi connectivity index (χ1v) is 6.63. The van der Waals surface area contributed by atoms with Crippen LogP contribution in [0, 0.1) is 0 Å². The Kier molecular flexibility index (Phi) is 4.10. The number of ether oxygens (including phenoxy) is 1. The summed E-state index contributed by atoms with van der Waals surface area (Å²) in [4.78, 5) is 4.32. The van der Waals surface area contributed by atoms with Crippen molar-refractivity contribution in [1.82, 2.24) is 9.55 Å². The largest absolute Gasteiger partial charge is 0.491 e. The predicted molar refractivity (Wildman–Crippen MR) is 78.1 cm³/mol. The Labute approximate surface area is 114 Å². The lowest BCUT2D eigenvalue weighted by atomic mass is 10.3. The first kappa shape index (κ1) is 13.5. The van der Waals surface area contributed by atoms with E-state index in [0.29, 0.717) is 6.04 Å². The molecule has 0 spiro atoms.